The van der Waals surface area contributed by atoms with Gasteiger partial charge in [-0.05, 0) is 19.8 Å². The molecule has 1 heterocycles. The van der Waals surface area contributed by atoms with Crippen LogP contribution in [0.2, 0.25) is 0 Å². The molecule has 0 bridgehead atoms. The second kappa shape index (κ2) is 7.78. The molecule has 0 aromatic heterocycles. The molecule has 2 unspecified atom stereocenters. The number of hydrogen-bond acceptors (Lipinski definition) is 3. The zero-order valence-corrected chi connectivity index (χ0v) is 9.74. The fraction of sp³-hybridized carbons (Fsp3) is 0.750. The minimum atomic E-state index is -0.611. The Morgan fingerprint density at radius 1 is 1.53 bits per heavy atom. The monoisotopic (exact) mass is 263 g/mol. The molecule has 1 aliphatic rings. The molecule has 0 saturated carbocycles. The first kappa shape index (κ1) is 20.0. The number of carbonyl (C=O) groups excluding carboxylic acids is 2. The minimum absolute atomic E-state index is 0. The molecule has 0 radical (unpaired) electrons. The number of hydrogen-bond donors (Lipinski definition) is 1. The summed E-state index contributed by atoms with van der Waals surface area (Å²) >= 11 is 0. The maximum absolute atomic E-state index is 11.2. The van der Waals surface area contributed by atoms with Crippen LogP contribution in [0.15, 0.2) is 0 Å². The third kappa shape index (κ3) is 3.89. The second-order valence-electron chi connectivity index (χ2n) is 3.14. The average Bonchev–Trinajstić information content (AvgIpc) is 2.30. The largest absolute Gasteiger partial charge is 0.412 e. The Labute approximate surface area is 98.7 Å². The Balaban J connectivity index is -0.000000480. The number of amides is 1. The van der Waals surface area contributed by atoms with E-state index in [1.165, 1.54) is 6.92 Å². The van der Waals surface area contributed by atoms with E-state index >= 15 is 0 Å². The summed E-state index contributed by atoms with van der Waals surface area (Å²) in [6.07, 6.45) is 1.15. The van der Waals surface area contributed by atoms with Crippen LogP contribution in [0, 0.1) is 5.92 Å². The number of Topliss-reactive ketones (excluding diaryl/α,β-unsaturated/α-hetero) is 1. The topological polar surface area (TPSA) is 121 Å². The molecule has 0 aromatic rings. The molecule has 5 N–H and O–H groups in total. The van der Waals surface area contributed by atoms with Gasteiger partial charge in [0, 0.05) is 17.1 Å². The van der Waals surface area contributed by atoms with Crippen LogP contribution in [0.4, 0.5) is 0 Å². The Morgan fingerprint density at radius 3 is 2.20 bits per heavy atom. The van der Waals surface area contributed by atoms with E-state index < -0.39 is 11.8 Å². The van der Waals surface area contributed by atoms with Gasteiger partial charge in [-0.1, -0.05) is 6.92 Å². The maximum atomic E-state index is 11.2. The Hall–Kier alpha value is -0.461. The van der Waals surface area contributed by atoms with Crippen LogP contribution < -0.4 is 0 Å². The summed E-state index contributed by atoms with van der Waals surface area (Å²) in [5.41, 5.74) is 0. The van der Waals surface area contributed by atoms with Crippen molar-refractivity contribution in [2.45, 2.75) is 32.7 Å². The summed E-state index contributed by atoms with van der Waals surface area (Å²) in [7, 11) is 0. The number of carbonyl (C=O) groups is 2. The van der Waals surface area contributed by atoms with Crippen molar-refractivity contribution in [3.8, 4) is 0 Å². The third-order valence-electron chi connectivity index (χ3n) is 2.34. The fourth-order valence-corrected chi connectivity index (χ4v) is 1.49. The van der Waals surface area contributed by atoms with Crippen LogP contribution in [0.1, 0.15) is 26.7 Å². The van der Waals surface area contributed by atoms with Crippen LogP contribution in [-0.2, 0) is 26.7 Å². The predicted octanol–water partition coefficient (Wildman–Crippen LogP) is -1.06. The van der Waals surface area contributed by atoms with E-state index in [2.05, 4.69) is 0 Å². The van der Waals surface area contributed by atoms with E-state index in [1.54, 1.807) is 0 Å². The van der Waals surface area contributed by atoms with Crippen molar-refractivity contribution in [3.63, 3.8) is 0 Å². The molecule has 15 heavy (non-hydrogen) atoms. The molecule has 0 aliphatic carbocycles. The summed E-state index contributed by atoms with van der Waals surface area (Å²) in [4.78, 5) is 22.1. The average molecular weight is 263 g/mol. The SMILES string of the molecule is CCC1CC(C(C)=O)C(=O)N1O.O.O.[Fe]. The normalized spacial score (nSPS) is 23.7. The molecule has 1 saturated heterocycles. The second-order valence-corrected chi connectivity index (χ2v) is 3.14. The van der Waals surface area contributed by atoms with Gasteiger partial charge in [-0.25, -0.2) is 5.06 Å². The van der Waals surface area contributed by atoms with Crippen LogP contribution in [0.3, 0.4) is 0 Å². The van der Waals surface area contributed by atoms with Gasteiger partial charge in [-0.2, -0.15) is 0 Å². The van der Waals surface area contributed by atoms with E-state index in [1.807, 2.05) is 6.92 Å². The van der Waals surface area contributed by atoms with E-state index in [0.29, 0.717) is 17.9 Å². The van der Waals surface area contributed by atoms with Crippen molar-refractivity contribution < 1.29 is 42.8 Å². The quantitative estimate of drug-likeness (QED) is 0.388. The minimum Gasteiger partial charge on any atom is -0.412 e. The van der Waals surface area contributed by atoms with E-state index in [4.69, 9.17) is 0 Å². The molecule has 7 heteroatoms. The van der Waals surface area contributed by atoms with Crippen LogP contribution in [0.25, 0.3) is 0 Å². The molecule has 0 spiro atoms. The Kier molecular flexibility index (Phi) is 10.4. The van der Waals surface area contributed by atoms with Crippen molar-refractivity contribution in [1.82, 2.24) is 5.06 Å². The van der Waals surface area contributed by atoms with Gasteiger partial charge in [0.25, 0.3) is 5.91 Å². The van der Waals surface area contributed by atoms with E-state index in [0.717, 1.165) is 0 Å². The summed E-state index contributed by atoms with van der Waals surface area (Å²) in [6.45, 7) is 3.26. The number of rotatable bonds is 2. The van der Waals surface area contributed by atoms with E-state index in [-0.39, 0.29) is 39.8 Å². The van der Waals surface area contributed by atoms with Gasteiger partial charge in [0.1, 0.15) is 11.7 Å². The molecular weight excluding hydrogens is 246 g/mol. The van der Waals surface area contributed by atoms with Crippen molar-refractivity contribution in [1.29, 1.82) is 0 Å². The van der Waals surface area contributed by atoms with Crippen LogP contribution in [0.5, 0.6) is 0 Å². The van der Waals surface area contributed by atoms with Crippen molar-refractivity contribution in [2.75, 3.05) is 0 Å². The zero-order chi connectivity index (χ0) is 9.30. The van der Waals surface area contributed by atoms with Gasteiger partial charge in [-0.15, -0.1) is 0 Å². The summed E-state index contributed by atoms with van der Waals surface area (Å²) < 4.78 is 0. The van der Waals surface area contributed by atoms with Crippen molar-refractivity contribution in [2.24, 2.45) is 5.92 Å². The maximum Gasteiger partial charge on any atom is 0.256 e. The molecule has 2 atom stereocenters. The van der Waals surface area contributed by atoms with Gasteiger partial charge in [-0.3, -0.25) is 14.8 Å². The standard InChI is InChI=1S/C8H13NO3.Fe.2H2O/c1-3-6-4-7(5(2)10)8(11)9(6)12;;;/h6-7,12H,3-4H2,1-2H3;;2*1H2. The Morgan fingerprint density at radius 2 is 2.00 bits per heavy atom. The summed E-state index contributed by atoms with van der Waals surface area (Å²) in [5, 5.41) is 9.91. The molecule has 6 nitrogen and oxygen atoms in total. The van der Waals surface area contributed by atoms with E-state index in [9.17, 15) is 14.8 Å². The van der Waals surface area contributed by atoms with Crippen molar-refractivity contribution in [3.05, 3.63) is 0 Å². The Bertz CT molecular complexity index is 223. The number of hydroxylamine groups is 2. The third-order valence-corrected chi connectivity index (χ3v) is 2.34. The summed E-state index contributed by atoms with van der Waals surface area (Å²) in [6, 6.07) is -0.175. The smallest absolute Gasteiger partial charge is 0.256 e. The van der Waals surface area contributed by atoms with Gasteiger partial charge < -0.3 is 11.0 Å². The zero-order valence-electron chi connectivity index (χ0n) is 8.63. The van der Waals surface area contributed by atoms with Crippen LogP contribution in [-0.4, -0.2) is 39.0 Å². The molecule has 92 valence electrons. The van der Waals surface area contributed by atoms with Gasteiger partial charge in [0.15, 0.2) is 0 Å². The molecule has 1 fully saturated rings. The number of nitrogens with zero attached hydrogens (tertiary/aromatic N) is 1. The van der Waals surface area contributed by atoms with Gasteiger partial charge in [0.2, 0.25) is 0 Å². The van der Waals surface area contributed by atoms with Crippen LogP contribution >= 0.6 is 0 Å². The fourth-order valence-electron chi connectivity index (χ4n) is 1.49. The molecule has 1 rings (SSSR count). The molecular formula is C8H17FeNO5. The first-order chi connectivity index (χ1) is 5.57. The first-order valence-corrected chi connectivity index (χ1v) is 4.10. The number of ketones is 1. The first-order valence-electron chi connectivity index (χ1n) is 4.10. The van der Waals surface area contributed by atoms with Gasteiger partial charge in [0.05, 0.1) is 6.04 Å². The predicted molar refractivity (Wildman–Crippen MR) is 48.7 cm³/mol. The van der Waals surface area contributed by atoms with Gasteiger partial charge >= 0.3 is 0 Å². The molecule has 1 amide bonds. The van der Waals surface area contributed by atoms with Crippen molar-refractivity contribution >= 4 is 11.7 Å². The summed E-state index contributed by atoms with van der Waals surface area (Å²) in [5.74, 6) is -1.22. The molecule has 1 aliphatic heterocycles. The molecule has 0 aromatic carbocycles.